The van der Waals surface area contributed by atoms with E-state index in [4.69, 9.17) is 26.8 Å². The van der Waals surface area contributed by atoms with Gasteiger partial charge in [-0.05, 0) is 60.8 Å². The monoisotopic (exact) mass is 991 g/mol. The van der Waals surface area contributed by atoms with Crippen LogP contribution in [0.3, 0.4) is 0 Å². The van der Waals surface area contributed by atoms with Crippen molar-refractivity contribution >= 4 is 53.3 Å². The molecule has 1 aromatic heterocycles. The Morgan fingerprint density at radius 1 is 0.803 bits per heavy atom. The Kier molecular flexibility index (Phi) is 23.4. The van der Waals surface area contributed by atoms with Gasteiger partial charge in [-0.2, -0.15) is 0 Å². The van der Waals surface area contributed by atoms with E-state index < -0.39 is 102 Å². The Labute approximate surface area is 412 Å². The van der Waals surface area contributed by atoms with Gasteiger partial charge in [-0.25, -0.2) is 9.78 Å². The number of benzene rings is 2. The molecule has 0 saturated carbocycles. The number of H-pyrrole nitrogens is 1. The molecule has 1 fully saturated rings. The molecule has 1 aliphatic rings. The number of nitrogens with two attached hydrogens (primary N) is 2. The van der Waals surface area contributed by atoms with Gasteiger partial charge in [0.25, 0.3) is 5.97 Å². The number of rotatable bonds is 25. The van der Waals surface area contributed by atoms with Gasteiger partial charge in [0.05, 0.1) is 18.1 Å². The lowest BCUT2D eigenvalue weighted by Gasteiger charge is -2.32. The number of aliphatic carboxylic acids is 2. The van der Waals surface area contributed by atoms with Crippen molar-refractivity contribution in [3.63, 3.8) is 0 Å². The lowest BCUT2D eigenvalue weighted by Crippen LogP contribution is -2.61. The number of phenolic OH excluding ortho intramolecular Hbond substituents is 1. The molecule has 0 unspecified atom stereocenters. The van der Waals surface area contributed by atoms with E-state index in [1.165, 1.54) is 23.4 Å². The molecular formula is C48H70N12O11. The van der Waals surface area contributed by atoms with Gasteiger partial charge >= 0.3 is 5.97 Å². The van der Waals surface area contributed by atoms with Crippen LogP contribution in [0.4, 0.5) is 0 Å². The Morgan fingerprint density at radius 3 is 1.97 bits per heavy atom. The molecule has 23 heteroatoms. The third kappa shape index (κ3) is 19.4. The molecule has 0 aliphatic carbocycles. The molecule has 3 aromatic rings. The van der Waals surface area contributed by atoms with Crippen LogP contribution < -0.4 is 43.4 Å². The number of hydrogen-bond donors (Lipinski definition) is 13. The number of imidazole rings is 1. The first-order chi connectivity index (χ1) is 33.6. The summed E-state index contributed by atoms with van der Waals surface area (Å²) in [5.74, 6) is -7.29. The first-order valence-electron chi connectivity index (χ1n) is 23.5. The molecule has 2 heterocycles. The first-order valence-corrected chi connectivity index (χ1v) is 23.5. The van der Waals surface area contributed by atoms with Crippen molar-refractivity contribution < 1.29 is 53.7 Å². The van der Waals surface area contributed by atoms with Crippen LogP contribution in [-0.4, -0.2) is 139 Å². The highest BCUT2D eigenvalue weighted by molar-refractivity contribution is 5.97. The number of likely N-dealkylation sites (tertiary alicyclic amines) is 1. The highest BCUT2D eigenvalue weighted by atomic mass is 16.4. The number of carboxylic acid groups (broad SMARTS) is 2. The Balaban J connectivity index is 0.00000320. The molecule has 15 N–H and O–H groups in total. The molecule has 0 spiro atoms. The van der Waals surface area contributed by atoms with Crippen LogP contribution >= 0.6 is 0 Å². The molecular weight excluding hydrogens is 921 g/mol. The molecule has 1 saturated heterocycles. The summed E-state index contributed by atoms with van der Waals surface area (Å²) in [4.78, 5) is 114. The number of aromatic nitrogens is 2. The second-order valence-electron chi connectivity index (χ2n) is 17.7. The number of carboxylic acids is 2. The summed E-state index contributed by atoms with van der Waals surface area (Å²) in [6, 6.07) is 6.60. The van der Waals surface area contributed by atoms with Crippen molar-refractivity contribution in [1.82, 2.24) is 46.8 Å². The number of nitrogens with one attached hydrogen (secondary N) is 8. The fourth-order valence-electron chi connectivity index (χ4n) is 7.66. The molecule has 71 heavy (non-hydrogen) atoms. The third-order valence-corrected chi connectivity index (χ3v) is 11.7. The molecule has 23 nitrogen and oxygen atoms in total. The van der Waals surface area contributed by atoms with Gasteiger partial charge in [0.15, 0.2) is 5.96 Å². The second kappa shape index (κ2) is 28.8. The van der Waals surface area contributed by atoms with E-state index in [1.807, 2.05) is 6.92 Å². The van der Waals surface area contributed by atoms with Gasteiger partial charge in [0.1, 0.15) is 42.0 Å². The van der Waals surface area contributed by atoms with E-state index >= 15 is 0 Å². The lowest BCUT2D eigenvalue weighted by molar-refractivity contribution is -0.145. The van der Waals surface area contributed by atoms with E-state index in [1.54, 1.807) is 69.4 Å². The van der Waals surface area contributed by atoms with Crippen molar-refractivity contribution in [2.24, 2.45) is 23.3 Å². The van der Waals surface area contributed by atoms with Crippen LogP contribution in [0.2, 0.25) is 0 Å². The van der Waals surface area contributed by atoms with Crippen LogP contribution in [0.1, 0.15) is 83.5 Å². The highest BCUT2D eigenvalue weighted by Gasteiger charge is 2.41. The Morgan fingerprint density at radius 2 is 1.39 bits per heavy atom. The largest absolute Gasteiger partial charge is 0.508 e. The second-order valence-corrected chi connectivity index (χ2v) is 17.7. The average Bonchev–Trinajstić information content (AvgIpc) is 4.04. The summed E-state index contributed by atoms with van der Waals surface area (Å²) in [5.41, 5.74) is 13.1. The maximum atomic E-state index is 14.5. The van der Waals surface area contributed by atoms with Crippen LogP contribution in [0.25, 0.3) is 0 Å². The van der Waals surface area contributed by atoms with Crippen LogP contribution in [0.5, 0.6) is 5.75 Å². The quantitative estimate of drug-likeness (QED) is 0.0303. The number of aromatic hydroxyl groups is 1. The summed E-state index contributed by atoms with van der Waals surface area (Å²) in [5, 5.41) is 50.9. The van der Waals surface area contributed by atoms with Gasteiger partial charge in [0.2, 0.25) is 35.4 Å². The zero-order valence-electron chi connectivity index (χ0n) is 40.8. The minimum absolute atomic E-state index is 0.0226. The topological polar surface area (TPSA) is 377 Å². The third-order valence-electron chi connectivity index (χ3n) is 11.7. The van der Waals surface area contributed by atoms with E-state index in [0.717, 1.165) is 6.92 Å². The highest BCUT2D eigenvalue weighted by Crippen LogP contribution is 2.21. The molecule has 2 aromatic carbocycles. The number of phenols is 1. The van der Waals surface area contributed by atoms with Crippen molar-refractivity contribution in [2.45, 2.75) is 128 Å². The minimum Gasteiger partial charge on any atom is -0.508 e. The van der Waals surface area contributed by atoms with Gasteiger partial charge in [-0.3, -0.25) is 39.0 Å². The van der Waals surface area contributed by atoms with E-state index in [0.29, 0.717) is 42.6 Å². The molecule has 6 amide bonds. The maximum absolute atomic E-state index is 14.5. The van der Waals surface area contributed by atoms with Crippen molar-refractivity contribution in [3.05, 3.63) is 83.9 Å². The predicted octanol–water partition coefficient (Wildman–Crippen LogP) is 0.0264. The molecule has 1 aliphatic heterocycles. The van der Waals surface area contributed by atoms with Crippen LogP contribution in [0, 0.1) is 17.2 Å². The minimum atomic E-state index is -1.30. The predicted molar refractivity (Wildman–Crippen MR) is 261 cm³/mol. The number of hydrogen-bond acceptors (Lipinski definition) is 12. The van der Waals surface area contributed by atoms with Crippen molar-refractivity contribution in [1.29, 1.82) is 5.41 Å². The number of amides is 6. The fourth-order valence-corrected chi connectivity index (χ4v) is 7.66. The van der Waals surface area contributed by atoms with Crippen molar-refractivity contribution in [3.8, 4) is 5.75 Å². The van der Waals surface area contributed by atoms with Crippen LogP contribution in [0.15, 0.2) is 67.1 Å². The fraction of sp³-hybridized carbons (Fsp3) is 0.500. The Hall–Kier alpha value is -7.56. The number of carbonyl (C=O) groups excluding carboxylic acids is 6. The normalized spacial score (nSPS) is 16.0. The summed E-state index contributed by atoms with van der Waals surface area (Å²) < 4.78 is 0. The zero-order valence-corrected chi connectivity index (χ0v) is 40.8. The SMILES string of the molecule is CC(=O)O.CC[C@H](C)[C@H](NC(=O)[C@H](Cc1ccc(O)cc1)NC(=O)[C@@H](NC(=O)[C@@H](N)CCCNC(=N)N)C(C)C)C(=O)N[C@@H](Cc1c[nH]cn1)C(=O)N1CCC[C@H]1C(=O)N[C@@H](Cc1ccccc1)C(=O)O. The molecule has 0 radical (unpaired) electrons. The summed E-state index contributed by atoms with van der Waals surface area (Å²) in [6.07, 6.45) is 4.57. The first kappa shape index (κ1) is 57.8. The molecule has 388 valence electrons. The van der Waals surface area contributed by atoms with Gasteiger partial charge in [-0.15, -0.1) is 0 Å². The lowest BCUT2D eigenvalue weighted by atomic mass is 9.96. The molecule has 0 bridgehead atoms. The number of aromatic amines is 1. The summed E-state index contributed by atoms with van der Waals surface area (Å²) in [7, 11) is 0. The van der Waals surface area contributed by atoms with Gasteiger partial charge in [-0.1, -0.05) is 76.6 Å². The number of guanidine groups is 1. The number of carbonyl (C=O) groups is 8. The number of nitrogens with zero attached hydrogens (tertiary/aromatic N) is 2. The Bertz CT molecular complexity index is 2240. The van der Waals surface area contributed by atoms with E-state index in [9.17, 15) is 43.8 Å². The summed E-state index contributed by atoms with van der Waals surface area (Å²) >= 11 is 0. The summed E-state index contributed by atoms with van der Waals surface area (Å²) in [6.45, 7) is 8.53. The average molecular weight is 991 g/mol. The zero-order chi connectivity index (χ0) is 52.8. The van der Waals surface area contributed by atoms with E-state index in [2.05, 4.69) is 41.9 Å². The van der Waals surface area contributed by atoms with Crippen molar-refractivity contribution in [2.75, 3.05) is 13.1 Å². The van der Waals surface area contributed by atoms with Crippen LogP contribution in [-0.2, 0) is 57.6 Å². The standard InChI is InChI=1S/C46H66N12O9.C2H4O2/c1-5-27(4)38(57-40(61)33(21-29-15-17-31(59)18-16-29)53-42(63)37(26(2)3)56-39(60)32(47)13-9-19-51-46(48)49)43(64)54-34(23-30-24-50-25-52-30)44(65)58-20-10-14-36(58)41(62)55-35(45(66)67)22-28-11-7-6-8-12-28;1-2(3)4/h6-8,11-12,15-18,24-27,32-38,59H,5,9-10,13-14,19-23,47H2,1-4H3,(H,50,52)(H,53,63)(H,54,64)(H,55,62)(H,56,60)(H,57,61)(H,66,67)(H4,48,49,51);1H3,(H,3,4)/t27-,32-,33-,34-,35-,36-,37-,38-;/m0./s1. The van der Waals surface area contributed by atoms with E-state index in [-0.39, 0.29) is 50.4 Å². The maximum Gasteiger partial charge on any atom is 0.326 e. The van der Waals surface area contributed by atoms with Gasteiger partial charge < -0.3 is 68.6 Å². The van der Waals surface area contributed by atoms with Gasteiger partial charge in [0, 0.05) is 45.5 Å². The molecule has 4 rings (SSSR count). The molecule has 8 atom stereocenters. The smallest absolute Gasteiger partial charge is 0.326 e.